The number of hydrogen-bond acceptors (Lipinski definition) is 2. The molecule has 1 aromatic rings. The van der Waals surface area contributed by atoms with Crippen LogP contribution in [0.3, 0.4) is 0 Å². The lowest BCUT2D eigenvalue weighted by Crippen LogP contribution is -2.01. The summed E-state index contributed by atoms with van der Waals surface area (Å²) in [5, 5.41) is 9.20. The van der Waals surface area contributed by atoms with Crippen molar-refractivity contribution in [3.8, 4) is 0 Å². The van der Waals surface area contributed by atoms with E-state index in [4.69, 9.17) is 4.74 Å². The van der Waals surface area contributed by atoms with Crippen molar-refractivity contribution in [3.05, 3.63) is 42.2 Å². The molecule has 21 heavy (non-hydrogen) atoms. The van der Waals surface area contributed by atoms with Crippen molar-refractivity contribution >= 4 is 11.5 Å². The predicted octanol–water partition coefficient (Wildman–Crippen LogP) is 4.88. The van der Waals surface area contributed by atoms with Crippen LogP contribution in [-0.2, 0) is 9.53 Å². The largest absolute Gasteiger partial charge is 0.500 e. The summed E-state index contributed by atoms with van der Waals surface area (Å²) in [7, 11) is 0. The first kappa shape index (κ1) is 17.3. The number of ether oxygens (including phenoxy) is 1. The van der Waals surface area contributed by atoms with E-state index in [9.17, 15) is 9.90 Å². The van der Waals surface area contributed by atoms with Gasteiger partial charge in [0.25, 0.3) is 0 Å². The van der Waals surface area contributed by atoms with Crippen molar-refractivity contribution in [3.63, 3.8) is 0 Å². The Hall–Kier alpha value is -1.77. The van der Waals surface area contributed by atoms with Gasteiger partial charge in [0.15, 0.2) is 0 Å². The highest BCUT2D eigenvalue weighted by Gasteiger charge is 2.09. The molecule has 1 aromatic carbocycles. The zero-order chi connectivity index (χ0) is 15.3. The highest BCUT2D eigenvalue weighted by atomic mass is 16.5. The van der Waals surface area contributed by atoms with Crippen LogP contribution in [0.1, 0.15) is 57.4 Å². The number of carboxylic acids is 1. The Labute approximate surface area is 127 Å². The van der Waals surface area contributed by atoms with Crippen molar-refractivity contribution < 1.29 is 14.6 Å². The average Bonchev–Trinajstić information content (AvgIpc) is 2.50. The molecule has 0 aliphatic carbocycles. The second kappa shape index (κ2) is 11.0. The molecule has 0 aliphatic heterocycles. The number of unbranched alkanes of at least 4 members (excludes halogenated alkanes) is 6. The van der Waals surface area contributed by atoms with Gasteiger partial charge in [-0.2, -0.15) is 0 Å². The van der Waals surface area contributed by atoms with Crippen LogP contribution in [0.2, 0.25) is 0 Å². The quantitative estimate of drug-likeness (QED) is 0.359. The van der Waals surface area contributed by atoms with E-state index in [-0.39, 0.29) is 5.57 Å². The molecule has 0 fully saturated rings. The Morgan fingerprint density at radius 1 is 1.05 bits per heavy atom. The SMILES string of the molecule is CCCCCCCCCOC=C(C(=O)O)c1ccccc1. The lowest BCUT2D eigenvalue weighted by Gasteiger charge is -2.05. The number of rotatable bonds is 11. The van der Waals surface area contributed by atoms with Crippen LogP contribution in [0.15, 0.2) is 36.6 Å². The third-order valence-electron chi connectivity index (χ3n) is 3.38. The molecule has 0 saturated heterocycles. The van der Waals surface area contributed by atoms with E-state index >= 15 is 0 Å². The van der Waals surface area contributed by atoms with E-state index < -0.39 is 5.97 Å². The first-order chi connectivity index (χ1) is 10.3. The summed E-state index contributed by atoms with van der Waals surface area (Å²) in [5.74, 6) is -0.958. The van der Waals surface area contributed by atoms with Gasteiger partial charge in [-0.15, -0.1) is 0 Å². The van der Waals surface area contributed by atoms with Crippen LogP contribution in [-0.4, -0.2) is 17.7 Å². The molecular formula is C18H26O3. The van der Waals surface area contributed by atoms with Crippen LogP contribution in [0, 0.1) is 0 Å². The van der Waals surface area contributed by atoms with Crippen molar-refractivity contribution in [2.24, 2.45) is 0 Å². The van der Waals surface area contributed by atoms with Gasteiger partial charge >= 0.3 is 5.97 Å². The van der Waals surface area contributed by atoms with Gasteiger partial charge in [-0.3, -0.25) is 0 Å². The minimum Gasteiger partial charge on any atom is -0.500 e. The van der Waals surface area contributed by atoms with Gasteiger partial charge in [0.05, 0.1) is 12.9 Å². The fourth-order valence-electron chi connectivity index (χ4n) is 2.14. The lowest BCUT2D eigenvalue weighted by molar-refractivity contribution is -0.130. The summed E-state index contributed by atoms with van der Waals surface area (Å²) in [6.45, 7) is 2.80. The van der Waals surface area contributed by atoms with Gasteiger partial charge in [0, 0.05) is 0 Å². The maximum Gasteiger partial charge on any atom is 0.339 e. The molecule has 0 atom stereocenters. The van der Waals surface area contributed by atoms with E-state index in [0.29, 0.717) is 12.2 Å². The van der Waals surface area contributed by atoms with E-state index in [1.807, 2.05) is 18.2 Å². The Bertz CT molecular complexity index is 423. The minimum absolute atomic E-state index is 0.207. The summed E-state index contributed by atoms with van der Waals surface area (Å²) in [4.78, 5) is 11.2. The normalized spacial score (nSPS) is 11.4. The minimum atomic E-state index is -0.958. The molecule has 1 rings (SSSR count). The average molecular weight is 290 g/mol. The molecule has 0 bridgehead atoms. The fraction of sp³-hybridized carbons (Fsp3) is 0.500. The first-order valence-electron chi connectivity index (χ1n) is 7.86. The lowest BCUT2D eigenvalue weighted by atomic mass is 10.1. The number of benzene rings is 1. The third-order valence-corrected chi connectivity index (χ3v) is 3.38. The van der Waals surface area contributed by atoms with Gasteiger partial charge in [0.1, 0.15) is 5.57 Å². The fourth-order valence-corrected chi connectivity index (χ4v) is 2.14. The Kier molecular flexibility index (Phi) is 9.01. The van der Waals surface area contributed by atoms with Gasteiger partial charge in [-0.1, -0.05) is 75.8 Å². The molecule has 0 amide bonds. The number of carbonyl (C=O) groups is 1. The summed E-state index contributed by atoms with van der Waals surface area (Å²) >= 11 is 0. The first-order valence-corrected chi connectivity index (χ1v) is 7.86. The summed E-state index contributed by atoms with van der Waals surface area (Å²) in [6.07, 6.45) is 9.91. The maximum atomic E-state index is 11.2. The van der Waals surface area contributed by atoms with E-state index in [0.717, 1.165) is 12.8 Å². The van der Waals surface area contributed by atoms with Crippen molar-refractivity contribution in [2.75, 3.05) is 6.61 Å². The predicted molar refractivity (Wildman–Crippen MR) is 86.0 cm³/mol. The molecule has 0 aliphatic rings. The topological polar surface area (TPSA) is 46.5 Å². The Morgan fingerprint density at radius 2 is 1.67 bits per heavy atom. The second-order valence-electron chi connectivity index (χ2n) is 5.19. The molecule has 1 N–H and O–H groups in total. The van der Waals surface area contributed by atoms with Crippen molar-refractivity contribution in [1.29, 1.82) is 0 Å². The Morgan fingerprint density at radius 3 is 2.29 bits per heavy atom. The standard InChI is InChI=1S/C18H26O3/c1-2-3-4-5-6-7-11-14-21-15-17(18(19)20)16-12-9-8-10-13-16/h8-10,12-13,15H,2-7,11,14H2,1H3,(H,19,20). The molecular weight excluding hydrogens is 264 g/mol. The summed E-state index contributed by atoms with van der Waals surface area (Å²) in [6, 6.07) is 9.06. The third kappa shape index (κ3) is 7.54. The number of hydrogen-bond donors (Lipinski definition) is 1. The molecule has 0 saturated carbocycles. The van der Waals surface area contributed by atoms with Gasteiger partial charge in [-0.05, 0) is 12.0 Å². The van der Waals surface area contributed by atoms with Gasteiger partial charge < -0.3 is 9.84 Å². The number of carboxylic acid groups (broad SMARTS) is 1. The molecule has 116 valence electrons. The highest BCUT2D eigenvalue weighted by molar-refractivity contribution is 6.14. The molecule has 0 unspecified atom stereocenters. The molecule has 3 heteroatoms. The molecule has 0 aromatic heterocycles. The molecule has 0 heterocycles. The molecule has 3 nitrogen and oxygen atoms in total. The zero-order valence-electron chi connectivity index (χ0n) is 12.9. The molecule has 0 spiro atoms. The molecule has 0 radical (unpaired) electrons. The van der Waals surface area contributed by atoms with Gasteiger partial charge in [-0.25, -0.2) is 4.79 Å². The zero-order valence-corrected chi connectivity index (χ0v) is 12.9. The Balaban J connectivity index is 2.25. The van der Waals surface area contributed by atoms with Crippen LogP contribution in [0.25, 0.3) is 5.57 Å². The maximum absolute atomic E-state index is 11.2. The monoisotopic (exact) mass is 290 g/mol. The van der Waals surface area contributed by atoms with E-state index in [2.05, 4.69) is 6.92 Å². The van der Waals surface area contributed by atoms with Crippen LogP contribution >= 0.6 is 0 Å². The van der Waals surface area contributed by atoms with E-state index in [1.54, 1.807) is 12.1 Å². The smallest absolute Gasteiger partial charge is 0.339 e. The van der Waals surface area contributed by atoms with Crippen LogP contribution in [0.4, 0.5) is 0 Å². The van der Waals surface area contributed by atoms with Crippen molar-refractivity contribution in [2.45, 2.75) is 51.9 Å². The van der Waals surface area contributed by atoms with Crippen molar-refractivity contribution in [1.82, 2.24) is 0 Å². The van der Waals surface area contributed by atoms with Crippen LogP contribution < -0.4 is 0 Å². The van der Waals surface area contributed by atoms with Crippen LogP contribution in [0.5, 0.6) is 0 Å². The summed E-state index contributed by atoms with van der Waals surface area (Å²) < 4.78 is 5.40. The highest BCUT2D eigenvalue weighted by Crippen LogP contribution is 2.14. The van der Waals surface area contributed by atoms with Gasteiger partial charge in [0.2, 0.25) is 0 Å². The second-order valence-corrected chi connectivity index (χ2v) is 5.19. The summed E-state index contributed by atoms with van der Waals surface area (Å²) in [5.41, 5.74) is 0.878. The number of aliphatic carboxylic acids is 1. The van der Waals surface area contributed by atoms with E-state index in [1.165, 1.54) is 38.4 Å².